The SMILES string of the molecule is CC(C(c1csc(N)n1)N1c2ccccc2Sc2ccccc21)N(C)C. The second-order valence-corrected chi connectivity index (χ2v) is 8.64. The first-order valence-corrected chi connectivity index (χ1v) is 10.3. The minimum absolute atomic E-state index is 0.0711. The maximum atomic E-state index is 5.98. The maximum absolute atomic E-state index is 5.98. The van der Waals surface area contributed by atoms with Gasteiger partial charge in [0, 0.05) is 21.2 Å². The van der Waals surface area contributed by atoms with Crippen molar-refractivity contribution in [3.8, 4) is 0 Å². The monoisotopic (exact) mass is 382 g/mol. The van der Waals surface area contributed by atoms with Gasteiger partial charge in [-0.2, -0.15) is 0 Å². The number of nitrogens with two attached hydrogens (primary N) is 1. The van der Waals surface area contributed by atoms with Gasteiger partial charge in [-0.05, 0) is 45.3 Å². The predicted molar refractivity (Wildman–Crippen MR) is 112 cm³/mol. The fourth-order valence-corrected chi connectivity index (χ4v) is 5.01. The topological polar surface area (TPSA) is 45.4 Å². The third kappa shape index (κ3) is 2.98. The zero-order chi connectivity index (χ0) is 18.3. The Morgan fingerprint density at radius 3 is 2.08 bits per heavy atom. The first-order chi connectivity index (χ1) is 12.6. The average molecular weight is 383 g/mol. The van der Waals surface area contributed by atoms with E-state index in [1.165, 1.54) is 32.5 Å². The first-order valence-electron chi connectivity index (χ1n) is 8.58. The van der Waals surface area contributed by atoms with E-state index in [4.69, 9.17) is 5.73 Å². The molecule has 0 radical (unpaired) electrons. The number of hydrogen-bond donors (Lipinski definition) is 1. The Hall–Kier alpha value is -2.02. The lowest BCUT2D eigenvalue weighted by Crippen LogP contribution is -2.41. The molecule has 0 bridgehead atoms. The lowest BCUT2D eigenvalue weighted by atomic mass is 10.0. The molecule has 1 aromatic heterocycles. The van der Waals surface area contributed by atoms with Crippen LogP contribution in [0.5, 0.6) is 0 Å². The molecule has 26 heavy (non-hydrogen) atoms. The van der Waals surface area contributed by atoms with Gasteiger partial charge in [0.2, 0.25) is 0 Å². The highest BCUT2D eigenvalue weighted by Crippen LogP contribution is 2.52. The van der Waals surface area contributed by atoms with Gasteiger partial charge in [-0.25, -0.2) is 4.98 Å². The van der Waals surface area contributed by atoms with Crippen LogP contribution in [0.1, 0.15) is 18.7 Å². The Morgan fingerprint density at radius 2 is 1.58 bits per heavy atom. The van der Waals surface area contributed by atoms with Crippen LogP contribution < -0.4 is 10.6 Å². The average Bonchev–Trinajstić information content (AvgIpc) is 3.07. The molecule has 2 unspecified atom stereocenters. The number of rotatable bonds is 4. The van der Waals surface area contributed by atoms with Crippen LogP contribution in [-0.2, 0) is 0 Å². The van der Waals surface area contributed by atoms with Gasteiger partial charge < -0.3 is 15.5 Å². The van der Waals surface area contributed by atoms with E-state index in [1.807, 2.05) is 11.8 Å². The quantitative estimate of drug-likeness (QED) is 0.686. The van der Waals surface area contributed by atoms with Gasteiger partial charge in [-0.3, -0.25) is 0 Å². The van der Waals surface area contributed by atoms with E-state index < -0.39 is 0 Å². The Kier molecular flexibility index (Phi) is 4.65. The molecule has 0 fully saturated rings. The van der Waals surface area contributed by atoms with Crippen molar-refractivity contribution < 1.29 is 0 Å². The van der Waals surface area contributed by atoms with Gasteiger partial charge >= 0.3 is 0 Å². The van der Waals surface area contributed by atoms with Crippen molar-refractivity contribution >= 4 is 39.6 Å². The molecule has 6 heteroatoms. The first kappa shape index (κ1) is 17.4. The fraction of sp³-hybridized carbons (Fsp3) is 0.250. The summed E-state index contributed by atoms with van der Waals surface area (Å²) in [6.07, 6.45) is 0. The Balaban J connectivity index is 1.93. The van der Waals surface area contributed by atoms with Crippen LogP contribution >= 0.6 is 23.1 Å². The highest BCUT2D eigenvalue weighted by molar-refractivity contribution is 7.99. The van der Waals surface area contributed by atoms with Crippen LogP contribution in [0, 0.1) is 0 Å². The highest BCUT2D eigenvalue weighted by Gasteiger charge is 2.35. The molecule has 4 nitrogen and oxygen atoms in total. The number of anilines is 3. The molecular weight excluding hydrogens is 360 g/mol. The number of nitrogens with zero attached hydrogens (tertiary/aromatic N) is 3. The summed E-state index contributed by atoms with van der Waals surface area (Å²) in [6.45, 7) is 2.24. The van der Waals surface area contributed by atoms with E-state index in [2.05, 4.69) is 89.7 Å². The maximum Gasteiger partial charge on any atom is 0.180 e. The number of benzene rings is 2. The molecule has 134 valence electrons. The van der Waals surface area contributed by atoms with Crippen molar-refractivity contribution in [3.63, 3.8) is 0 Å². The number of hydrogen-bond acceptors (Lipinski definition) is 6. The second kappa shape index (κ2) is 6.95. The molecule has 2 heterocycles. The van der Waals surface area contributed by atoms with Gasteiger partial charge in [0.1, 0.15) is 0 Å². The molecule has 0 saturated carbocycles. The summed E-state index contributed by atoms with van der Waals surface area (Å²) in [5, 5.41) is 2.70. The third-order valence-corrected chi connectivity index (χ3v) is 6.68. The molecule has 3 aromatic rings. The van der Waals surface area contributed by atoms with Crippen LogP contribution in [0.4, 0.5) is 16.5 Å². The minimum Gasteiger partial charge on any atom is -0.375 e. The van der Waals surface area contributed by atoms with E-state index in [0.29, 0.717) is 5.13 Å². The number of likely N-dealkylation sites (N-methyl/N-ethyl adjacent to an activating group) is 1. The lowest BCUT2D eigenvalue weighted by molar-refractivity contribution is 0.270. The molecule has 4 rings (SSSR count). The van der Waals surface area contributed by atoms with Crippen LogP contribution in [0.2, 0.25) is 0 Å². The number of aromatic nitrogens is 1. The number of nitrogen functional groups attached to an aromatic ring is 1. The standard InChI is InChI=1S/C20H22N4S2/c1-13(23(2)3)19(14-12-25-20(21)22-14)24-15-8-4-6-10-17(15)26-18-11-7-5-9-16(18)24/h4-13,19H,1-3H3,(H2,21,22). The molecule has 1 aliphatic rings. The molecular formula is C20H22N4S2. The fourth-order valence-electron chi connectivity index (χ4n) is 3.35. The van der Waals surface area contributed by atoms with Crippen LogP contribution in [0.15, 0.2) is 63.7 Å². The Labute approximate surface area is 162 Å². The third-order valence-electron chi connectivity index (χ3n) is 4.86. The molecule has 0 amide bonds. The molecule has 2 aromatic carbocycles. The number of thiazole rings is 1. The van der Waals surface area contributed by atoms with Crippen molar-refractivity contribution in [2.75, 3.05) is 24.7 Å². The Bertz CT molecular complexity index is 876. The van der Waals surface area contributed by atoms with Crippen molar-refractivity contribution in [1.82, 2.24) is 9.88 Å². The molecule has 2 N–H and O–H groups in total. The zero-order valence-corrected chi connectivity index (χ0v) is 16.7. The van der Waals surface area contributed by atoms with Crippen LogP contribution in [0.25, 0.3) is 0 Å². The summed E-state index contributed by atoms with van der Waals surface area (Å²) in [4.78, 5) is 11.9. The Morgan fingerprint density at radius 1 is 1.00 bits per heavy atom. The van der Waals surface area contributed by atoms with E-state index >= 15 is 0 Å². The van der Waals surface area contributed by atoms with Gasteiger partial charge in [0.05, 0.1) is 23.1 Å². The number of para-hydroxylation sites is 2. The van der Waals surface area contributed by atoms with E-state index in [1.54, 1.807) is 0 Å². The normalized spacial score (nSPS) is 15.5. The smallest absolute Gasteiger partial charge is 0.180 e. The van der Waals surface area contributed by atoms with Gasteiger partial charge in [0.15, 0.2) is 5.13 Å². The van der Waals surface area contributed by atoms with Crippen molar-refractivity contribution in [3.05, 3.63) is 59.6 Å². The van der Waals surface area contributed by atoms with Crippen molar-refractivity contribution in [2.45, 2.75) is 28.8 Å². The zero-order valence-electron chi connectivity index (χ0n) is 15.1. The summed E-state index contributed by atoms with van der Waals surface area (Å²) in [5.41, 5.74) is 9.45. The summed E-state index contributed by atoms with van der Waals surface area (Å²) in [5.74, 6) is 0. The second-order valence-electron chi connectivity index (χ2n) is 6.67. The molecule has 0 spiro atoms. The molecule has 2 atom stereocenters. The van der Waals surface area contributed by atoms with E-state index in [9.17, 15) is 0 Å². The molecule has 1 aliphatic heterocycles. The largest absolute Gasteiger partial charge is 0.375 e. The molecule has 0 saturated heterocycles. The summed E-state index contributed by atoms with van der Waals surface area (Å²) in [7, 11) is 4.23. The van der Waals surface area contributed by atoms with Gasteiger partial charge in [-0.1, -0.05) is 36.0 Å². The number of fused-ring (bicyclic) bond motifs is 2. The van der Waals surface area contributed by atoms with Gasteiger partial charge in [0.25, 0.3) is 0 Å². The lowest BCUT2D eigenvalue weighted by Gasteiger charge is -2.42. The van der Waals surface area contributed by atoms with Crippen molar-refractivity contribution in [1.29, 1.82) is 0 Å². The van der Waals surface area contributed by atoms with Crippen molar-refractivity contribution in [2.24, 2.45) is 0 Å². The predicted octanol–water partition coefficient (Wildman–Crippen LogP) is 5.02. The summed E-state index contributed by atoms with van der Waals surface area (Å²) >= 11 is 3.33. The molecule has 0 aliphatic carbocycles. The van der Waals surface area contributed by atoms with E-state index in [0.717, 1.165) is 5.69 Å². The minimum atomic E-state index is 0.0711. The van der Waals surface area contributed by atoms with Crippen LogP contribution in [-0.4, -0.2) is 30.0 Å². The summed E-state index contributed by atoms with van der Waals surface area (Å²) in [6, 6.07) is 17.5. The summed E-state index contributed by atoms with van der Waals surface area (Å²) < 4.78 is 0. The van der Waals surface area contributed by atoms with E-state index in [-0.39, 0.29) is 12.1 Å². The highest BCUT2D eigenvalue weighted by atomic mass is 32.2. The van der Waals surface area contributed by atoms with Gasteiger partial charge in [-0.15, -0.1) is 11.3 Å². The van der Waals surface area contributed by atoms with Crippen LogP contribution in [0.3, 0.4) is 0 Å².